The fourth-order valence-electron chi connectivity index (χ4n) is 3.50. The van der Waals surface area contributed by atoms with Gasteiger partial charge >= 0.3 is 0 Å². The highest BCUT2D eigenvalue weighted by Crippen LogP contribution is 2.21. The summed E-state index contributed by atoms with van der Waals surface area (Å²) in [4.78, 5) is 18.6. The van der Waals surface area contributed by atoms with E-state index in [1.165, 1.54) is 37.2 Å². The summed E-state index contributed by atoms with van der Waals surface area (Å²) in [6.07, 6.45) is 5.87. The first-order chi connectivity index (χ1) is 10.3. The second-order valence-corrected chi connectivity index (χ2v) is 6.95. The van der Waals surface area contributed by atoms with Gasteiger partial charge in [0.15, 0.2) is 5.78 Å². The molecule has 2 fully saturated rings. The molecule has 4 heteroatoms. The molecule has 114 valence electrons. The van der Waals surface area contributed by atoms with E-state index in [0.29, 0.717) is 12.6 Å². The number of benzene rings is 1. The van der Waals surface area contributed by atoms with Crippen molar-refractivity contribution in [2.24, 2.45) is 0 Å². The summed E-state index contributed by atoms with van der Waals surface area (Å²) in [6.45, 7) is 5.15. The lowest BCUT2D eigenvalue weighted by atomic mass is 10.1. The average Bonchev–Trinajstić information content (AvgIpc) is 2.86. The van der Waals surface area contributed by atoms with Gasteiger partial charge in [-0.2, -0.15) is 0 Å². The maximum Gasteiger partial charge on any atom is 0.176 e. The molecule has 2 saturated heterocycles. The molecule has 0 amide bonds. The van der Waals surface area contributed by atoms with Gasteiger partial charge in [-0.1, -0.05) is 12.1 Å². The molecule has 1 unspecified atom stereocenters. The van der Waals surface area contributed by atoms with Gasteiger partial charge in [0.05, 0.1) is 6.54 Å². The summed E-state index contributed by atoms with van der Waals surface area (Å²) in [5.74, 6) is 0.258. The Hall–Kier alpha value is -0.840. The van der Waals surface area contributed by atoms with E-state index in [1.54, 1.807) is 11.8 Å². The lowest BCUT2D eigenvalue weighted by Crippen LogP contribution is -2.38. The third-order valence-electron chi connectivity index (χ3n) is 4.67. The molecule has 2 aliphatic heterocycles. The van der Waals surface area contributed by atoms with E-state index in [2.05, 4.69) is 16.1 Å². The summed E-state index contributed by atoms with van der Waals surface area (Å²) >= 11 is 1.71. The number of Topliss-reactive ketones (excluding diaryl/α,β-unsaturated/α-hetero) is 1. The number of thioether (sulfide) groups is 1. The van der Waals surface area contributed by atoms with E-state index in [9.17, 15) is 4.79 Å². The van der Waals surface area contributed by atoms with E-state index in [4.69, 9.17) is 0 Å². The zero-order chi connectivity index (χ0) is 14.7. The van der Waals surface area contributed by atoms with E-state index in [1.807, 2.05) is 24.3 Å². The topological polar surface area (TPSA) is 23.6 Å². The number of fused-ring (bicyclic) bond motifs is 1. The highest BCUT2D eigenvalue weighted by molar-refractivity contribution is 7.98. The van der Waals surface area contributed by atoms with Gasteiger partial charge in [-0.05, 0) is 57.3 Å². The number of hydrogen-bond donors (Lipinski definition) is 0. The summed E-state index contributed by atoms with van der Waals surface area (Å²) in [7, 11) is 0. The minimum Gasteiger partial charge on any atom is -0.299 e. The predicted molar refractivity (Wildman–Crippen MR) is 88.2 cm³/mol. The fourth-order valence-corrected chi connectivity index (χ4v) is 3.91. The Morgan fingerprint density at radius 3 is 2.71 bits per heavy atom. The molecule has 0 aromatic heterocycles. The van der Waals surface area contributed by atoms with E-state index in [-0.39, 0.29) is 5.78 Å². The summed E-state index contributed by atoms with van der Waals surface area (Å²) in [6, 6.07) is 8.69. The molecule has 0 saturated carbocycles. The SMILES string of the molecule is CSc1ccc(C(=O)CN2CCCN3CCCC3C2)cc1. The van der Waals surface area contributed by atoms with Crippen LogP contribution < -0.4 is 0 Å². The molecule has 0 aliphatic carbocycles. The zero-order valence-corrected chi connectivity index (χ0v) is 13.6. The highest BCUT2D eigenvalue weighted by atomic mass is 32.2. The molecule has 3 rings (SSSR count). The number of carbonyl (C=O) groups excluding carboxylic acids is 1. The molecule has 0 bridgehead atoms. The first kappa shape index (κ1) is 15.1. The lowest BCUT2D eigenvalue weighted by Gasteiger charge is -2.25. The first-order valence-corrected chi connectivity index (χ1v) is 9.12. The Bertz CT molecular complexity index is 488. The summed E-state index contributed by atoms with van der Waals surface area (Å²) in [5.41, 5.74) is 0.848. The van der Waals surface area contributed by atoms with Crippen LogP contribution in [0.5, 0.6) is 0 Å². The predicted octanol–water partition coefficient (Wildman–Crippen LogP) is 2.76. The Labute approximate surface area is 131 Å². The normalized spacial score (nSPS) is 23.8. The number of carbonyl (C=O) groups is 1. The Morgan fingerprint density at radius 2 is 1.95 bits per heavy atom. The largest absolute Gasteiger partial charge is 0.299 e. The molecule has 1 atom stereocenters. The van der Waals surface area contributed by atoms with Crippen molar-refractivity contribution in [1.82, 2.24) is 9.80 Å². The van der Waals surface area contributed by atoms with Crippen molar-refractivity contribution >= 4 is 17.5 Å². The Morgan fingerprint density at radius 1 is 1.19 bits per heavy atom. The minimum atomic E-state index is 0.258. The van der Waals surface area contributed by atoms with Crippen LogP contribution in [-0.4, -0.2) is 60.6 Å². The maximum atomic E-state index is 12.5. The van der Waals surface area contributed by atoms with Gasteiger partial charge in [0.2, 0.25) is 0 Å². The van der Waals surface area contributed by atoms with Crippen molar-refractivity contribution in [2.75, 3.05) is 39.0 Å². The van der Waals surface area contributed by atoms with Crippen molar-refractivity contribution in [1.29, 1.82) is 0 Å². The van der Waals surface area contributed by atoms with Crippen LogP contribution >= 0.6 is 11.8 Å². The van der Waals surface area contributed by atoms with Gasteiger partial charge < -0.3 is 0 Å². The molecular formula is C17H24N2OS. The third kappa shape index (κ3) is 3.68. The molecule has 3 nitrogen and oxygen atoms in total. The van der Waals surface area contributed by atoms with E-state index in [0.717, 1.165) is 18.7 Å². The van der Waals surface area contributed by atoms with Crippen LogP contribution in [0, 0.1) is 0 Å². The quantitative estimate of drug-likeness (QED) is 0.630. The zero-order valence-electron chi connectivity index (χ0n) is 12.8. The Balaban J connectivity index is 1.60. The van der Waals surface area contributed by atoms with Crippen LogP contribution in [0.25, 0.3) is 0 Å². The van der Waals surface area contributed by atoms with E-state index < -0.39 is 0 Å². The number of rotatable bonds is 4. The fraction of sp³-hybridized carbons (Fsp3) is 0.588. The standard InChI is InChI=1S/C17H24N2OS/c1-21-16-7-5-14(6-8-16)17(20)13-18-9-3-11-19-10-2-4-15(19)12-18/h5-8,15H,2-4,9-13H2,1H3. The maximum absolute atomic E-state index is 12.5. The van der Waals surface area contributed by atoms with Crippen LogP contribution in [0.4, 0.5) is 0 Å². The summed E-state index contributed by atoms with van der Waals surface area (Å²) in [5, 5.41) is 0. The highest BCUT2D eigenvalue weighted by Gasteiger charge is 2.29. The second-order valence-electron chi connectivity index (χ2n) is 6.07. The molecule has 1 aromatic rings. The molecule has 0 N–H and O–H groups in total. The minimum absolute atomic E-state index is 0.258. The molecule has 0 radical (unpaired) electrons. The van der Waals surface area contributed by atoms with Gasteiger partial charge in [-0.3, -0.25) is 14.6 Å². The number of ketones is 1. The second kappa shape index (κ2) is 6.95. The van der Waals surface area contributed by atoms with Crippen LogP contribution in [0.2, 0.25) is 0 Å². The average molecular weight is 304 g/mol. The third-order valence-corrected chi connectivity index (χ3v) is 5.41. The number of hydrogen-bond acceptors (Lipinski definition) is 4. The lowest BCUT2D eigenvalue weighted by molar-refractivity contribution is 0.0925. The molecule has 1 aromatic carbocycles. The van der Waals surface area contributed by atoms with Crippen molar-refractivity contribution in [2.45, 2.75) is 30.2 Å². The van der Waals surface area contributed by atoms with Gasteiger partial charge in [0.1, 0.15) is 0 Å². The summed E-state index contributed by atoms with van der Waals surface area (Å²) < 4.78 is 0. The molecule has 2 aliphatic rings. The van der Waals surface area contributed by atoms with Crippen molar-refractivity contribution in [3.05, 3.63) is 29.8 Å². The van der Waals surface area contributed by atoms with Crippen molar-refractivity contribution < 1.29 is 4.79 Å². The van der Waals surface area contributed by atoms with Gasteiger partial charge in [0.25, 0.3) is 0 Å². The Kier molecular flexibility index (Phi) is 4.99. The van der Waals surface area contributed by atoms with Crippen LogP contribution in [0.15, 0.2) is 29.2 Å². The van der Waals surface area contributed by atoms with Gasteiger partial charge in [0, 0.05) is 23.0 Å². The van der Waals surface area contributed by atoms with Gasteiger partial charge in [-0.25, -0.2) is 0 Å². The number of nitrogens with zero attached hydrogens (tertiary/aromatic N) is 2. The molecule has 21 heavy (non-hydrogen) atoms. The van der Waals surface area contributed by atoms with E-state index >= 15 is 0 Å². The first-order valence-electron chi connectivity index (χ1n) is 7.90. The molecule has 2 heterocycles. The monoisotopic (exact) mass is 304 g/mol. The van der Waals surface area contributed by atoms with Crippen molar-refractivity contribution in [3.63, 3.8) is 0 Å². The molecular weight excluding hydrogens is 280 g/mol. The van der Waals surface area contributed by atoms with Gasteiger partial charge in [-0.15, -0.1) is 11.8 Å². The van der Waals surface area contributed by atoms with Crippen LogP contribution in [-0.2, 0) is 0 Å². The van der Waals surface area contributed by atoms with Crippen LogP contribution in [0.3, 0.4) is 0 Å². The van der Waals surface area contributed by atoms with Crippen molar-refractivity contribution in [3.8, 4) is 0 Å². The van der Waals surface area contributed by atoms with Crippen LogP contribution in [0.1, 0.15) is 29.6 Å². The smallest absolute Gasteiger partial charge is 0.176 e. The molecule has 0 spiro atoms.